The molecule has 0 heterocycles. The van der Waals surface area contributed by atoms with Gasteiger partial charge in [-0.15, -0.1) is 0 Å². The molecule has 2 atom stereocenters. The van der Waals surface area contributed by atoms with E-state index < -0.39 is 18.0 Å². The zero-order chi connectivity index (χ0) is 15.9. The van der Waals surface area contributed by atoms with Crippen LogP contribution in [-0.4, -0.2) is 49.6 Å². The van der Waals surface area contributed by atoms with Crippen molar-refractivity contribution in [1.82, 2.24) is 10.2 Å². The van der Waals surface area contributed by atoms with Crippen molar-refractivity contribution in [3.8, 4) is 0 Å². The van der Waals surface area contributed by atoms with E-state index in [-0.39, 0.29) is 24.3 Å². The first kappa shape index (κ1) is 18.2. The molecule has 3 amide bonds. The molecule has 0 rings (SSSR count). The predicted octanol–water partition coefficient (Wildman–Crippen LogP) is 0.337. The van der Waals surface area contributed by atoms with E-state index >= 15 is 0 Å². The second kappa shape index (κ2) is 8.39. The SMILES string of the molecule is COC(=O)C(C)CN(C)C(=O)C(CC(C)C)NC(N)=O. The molecule has 0 spiro atoms. The summed E-state index contributed by atoms with van der Waals surface area (Å²) in [6.07, 6.45) is 0.485. The Balaban J connectivity index is 4.70. The summed E-state index contributed by atoms with van der Waals surface area (Å²) in [5.41, 5.74) is 5.08. The van der Waals surface area contributed by atoms with E-state index in [0.717, 1.165) is 0 Å². The monoisotopic (exact) mass is 287 g/mol. The number of primary amides is 1. The second-order valence-electron chi connectivity index (χ2n) is 5.33. The van der Waals surface area contributed by atoms with E-state index in [4.69, 9.17) is 5.73 Å². The highest BCUT2D eigenvalue weighted by atomic mass is 16.5. The Morgan fingerprint density at radius 2 is 1.80 bits per heavy atom. The van der Waals surface area contributed by atoms with Gasteiger partial charge in [-0.2, -0.15) is 0 Å². The van der Waals surface area contributed by atoms with Crippen molar-refractivity contribution >= 4 is 17.9 Å². The van der Waals surface area contributed by atoms with Gasteiger partial charge in [0.05, 0.1) is 13.0 Å². The molecule has 0 aromatic carbocycles. The highest BCUT2D eigenvalue weighted by Gasteiger charge is 2.26. The number of methoxy groups -OCH3 is 1. The number of nitrogens with one attached hydrogen (secondary N) is 1. The van der Waals surface area contributed by atoms with E-state index in [1.54, 1.807) is 14.0 Å². The summed E-state index contributed by atoms with van der Waals surface area (Å²) in [5.74, 6) is -0.856. The number of nitrogens with two attached hydrogens (primary N) is 1. The first-order valence-corrected chi connectivity index (χ1v) is 6.57. The second-order valence-corrected chi connectivity index (χ2v) is 5.33. The van der Waals surface area contributed by atoms with Gasteiger partial charge in [0.15, 0.2) is 0 Å². The van der Waals surface area contributed by atoms with Gasteiger partial charge in [0, 0.05) is 13.6 Å². The minimum Gasteiger partial charge on any atom is -0.469 e. The third-order valence-electron chi connectivity index (χ3n) is 2.85. The van der Waals surface area contributed by atoms with Crippen LogP contribution in [0.5, 0.6) is 0 Å². The van der Waals surface area contributed by atoms with Crippen molar-refractivity contribution < 1.29 is 19.1 Å². The number of esters is 1. The third kappa shape index (κ3) is 6.40. The van der Waals surface area contributed by atoms with Crippen LogP contribution in [0.15, 0.2) is 0 Å². The number of amides is 3. The molecule has 0 radical (unpaired) electrons. The Bertz CT molecular complexity index is 358. The minimum atomic E-state index is -0.738. The lowest BCUT2D eigenvalue weighted by atomic mass is 10.0. The van der Waals surface area contributed by atoms with Gasteiger partial charge in [0.25, 0.3) is 0 Å². The van der Waals surface area contributed by atoms with Crippen molar-refractivity contribution in [2.24, 2.45) is 17.6 Å². The van der Waals surface area contributed by atoms with Crippen molar-refractivity contribution in [3.05, 3.63) is 0 Å². The summed E-state index contributed by atoms with van der Waals surface area (Å²) in [6.45, 7) is 5.79. The van der Waals surface area contributed by atoms with Gasteiger partial charge in [0.1, 0.15) is 6.04 Å². The summed E-state index contributed by atoms with van der Waals surface area (Å²) in [6, 6.07) is -1.42. The van der Waals surface area contributed by atoms with Crippen LogP contribution in [0.2, 0.25) is 0 Å². The van der Waals surface area contributed by atoms with Crippen LogP contribution in [0, 0.1) is 11.8 Å². The molecule has 0 saturated carbocycles. The highest BCUT2D eigenvalue weighted by Crippen LogP contribution is 2.09. The molecule has 0 aromatic heterocycles. The van der Waals surface area contributed by atoms with Gasteiger partial charge in [-0.25, -0.2) is 4.79 Å². The number of hydrogen-bond acceptors (Lipinski definition) is 4. The molecule has 0 saturated heterocycles. The smallest absolute Gasteiger partial charge is 0.312 e. The van der Waals surface area contributed by atoms with Crippen LogP contribution in [-0.2, 0) is 14.3 Å². The van der Waals surface area contributed by atoms with Crippen LogP contribution in [0.3, 0.4) is 0 Å². The van der Waals surface area contributed by atoms with Gasteiger partial charge in [-0.1, -0.05) is 20.8 Å². The number of urea groups is 1. The fraction of sp³-hybridized carbons (Fsp3) is 0.769. The van der Waals surface area contributed by atoms with Crippen molar-refractivity contribution in [2.75, 3.05) is 20.7 Å². The number of hydrogen-bond donors (Lipinski definition) is 2. The normalized spacial score (nSPS) is 13.5. The number of likely N-dealkylation sites (N-methyl/N-ethyl adjacent to an activating group) is 1. The third-order valence-corrected chi connectivity index (χ3v) is 2.85. The average Bonchev–Trinajstić information content (AvgIpc) is 2.34. The van der Waals surface area contributed by atoms with Crippen LogP contribution >= 0.6 is 0 Å². The molecule has 0 aliphatic rings. The van der Waals surface area contributed by atoms with E-state index in [9.17, 15) is 14.4 Å². The molecule has 7 heteroatoms. The fourth-order valence-electron chi connectivity index (χ4n) is 1.91. The molecule has 3 N–H and O–H groups in total. The topological polar surface area (TPSA) is 102 Å². The summed E-state index contributed by atoms with van der Waals surface area (Å²) in [5, 5.41) is 2.44. The predicted molar refractivity (Wildman–Crippen MR) is 74.8 cm³/mol. The highest BCUT2D eigenvalue weighted by molar-refractivity contribution is 5.86. The van der Waals surface area contributed by atoms with Crippen LogP contribution in [0.4, 0.5) is 4.79 Å². The lowest BCUT2D eigenvalue weighted by Gasteiger charge is -2.26. The molecule has 2 unspecified atom stereocenters. The zero-order valence-corrected chi connectivity index (χ0v) is 12.8. The Kier molecular flexibility index (Phi) is 7.64. The first-order valence-electron chi connectivity index (χ1n) is 6.57. The Hall–Kier alpha value is -1.79. The summed E-state index contributed by atoms with van der Waals surface area (Å²) < 4.78 is 4.62. The molecule has 20 heavy (non-hydrogen) atoms. The summed E-state index contributed by atoms with van der Waals surface area (Å²) in [7, 11) is 2.88. The van der Waals surface area contributed by atoms with Crippen molar-refractivity contribution in [2.45, 2.75) is 33.2 Å². The van der Waals surface area contributed by atoms with Crippen LogP contribution < -0.4 is 11.1 Å². The molecule has 0 bridgehead atoms. The number of rotatable bonds is 7. The quantitative estimate of drug-likeness (QED) is 0.659. The van der Waals surface area contributed by atoms with Gasteiger partial charge >= 0.3 is 12.0 Å². The standard InChI is InChI=1S/C13H25N3O4/c1-8(2)6-10(15-13(14)19)11(17)16(4)7-9(3)12(18)20-5/h8-10H,6-7H2,1-5H3,(H3,14,15,19). The Labute approximate surface area is 119 Å². The lowest BCUT2D eigenvalue weighted by molar-refractivity contribution is -0.146. The largest absolute Gasteiger partial charge is 0.469 e. The number of nitrogens with zero attached hydrogens (tertiary/aromatic N) is 1. The van der Waals surface area contributed by atoms with E-state index in [2.05, 4.69) is 10.1 Å². The molecule has 0 fully saturated rings. The van der Waals surface area contributed by atoms with Crippen LogP contribution in [0.25, 0.3) is 0 Å². The van der Waals surface area contributed by atoms with Crippen molar-refractivity contribution in [3.63, 3.8) is 0 Å². The maximum absolute atomic E-state index is 12.3. The van der Waals surface area contributed by atoms with Crippen molar-refractivity contribution in [1.29, 1.82) is 0 Å². The molecule has 0 aromatic rings. The first-order chi connectivity index (χ1) is 9.18. The number of carbonyl (C=O) groups is 3. The molecular weight excluding hydrogens is 262 g/mol. The summed E-state index contributed by atoms with van der Waals surface area (Å²) in [4.78, 5) is 36.0. The minimum absolute atomic E-state index is 0.223. The number of ether oxygens (including phenoxy) is 1. The number of carbonyl (C=O) groups excluding carboxylic acids is 3. The van der Waals surface area contributed by atoms with Gasteiger partial charge in [-0.3, -0.25) is 9.59 Å². The maximum Gasteiger partial charge on any atom is 0.312 e. The Morgan fingerprint density at radius 1 is 1.25 bits per heavy atom. The lowest BCUT2D eigenvalue weighted by Crippen LogP contribution is -2.50. The molecule has 7 nitrogen and oxygen atoms in total. The maximum atomic E-state index is 12.3. The zero-order valence-electron chi connectivity index (χ0n) is 12.8. The Morgan fingerprint density at radius 3 is 2.20 bits per heavy atom. The van der Waals surface area contributed by atoms with Gasteiger partial charge < -0.3 is 20.7 Å². The fourth-order valence-corrected chi connectivity index (χ4v) is 1.91. The van der Waals surface area contributed by atoms with E-state index in [1.807, 2.05) is 13.8 Å². The van der Waals surface area contributed by atoms with Gasteiger partial charge in [-0.05, 0) is 12.3 Å². The molecule has 0 aliphatic carbocycles. The molecule has 116 valence electrons. The molecule has 0 aliphatic heterocycles. The summed E-state index contributed by atoms with van der Waals surface area (Å²) >= 11 is 0. The van der Waals surface area contributed by atoms with E-state index in [1.165, 1.54) is 12.0 Å². The van der Waals surface area contributed by atoms with E-state index in [0.29, 0.717) is 6.42 Å². The molecular formula is C13H25N3O4. The van der Waals surface area contributed by atoms with Gasteiger partial charge in [0.2, 0.25) is 5.91 Å². The van der Waals surface area contributed by atoms with Crippen LogP contribution in [0.1, 0.15) is 27.2 Å². The average molecular weight is 287 g/mol.